The maximum Gasteiger partial charge on any atom is 0.291 e. The molecule has 0 saturated carbocycles. The molecule has 0 N–H and O–H groups in total. The first kappa shape index (κ1) is 18.2. The van der Waals surface area contributed by atoms with Crippen molar-refractivity contribution in [2.45, 2.75) is 12.5 Å². The molecule has 4 aromatic carbocycles. The first-order chi connectivity index (χ1) is 14.7. The zero-order valence-electron chi connectivity index (χ0n) is 16.7. The molecule has 5 aromatic rings. The predicted molar refractivity (Wildman–Crippen MR) is 120 cm³/mol. The molecule has 3 nitrogen and oxygen atoms in total. The van der Waals surface area contributed by atoms with Gasteiger partial charge in [0.05, 0.1) is 5.39 Å². The van der Waals surface area contributed by atoms with Crippen molar-refractivity contribution in [1.82, 2.24) is 4.74 Å². The van der Waals surface area contributed by atoms with E-state index in [4.69, 9.17) is 4.52 Å². The number of aryl methyl sites for hydroxylation is 1. The molecule has 5 rings (SSSR count). The lowest BCUT2D eigenvalue weighted by Crippen LogP contribution is -2.42. The van der Waals surface area contributed by atoms with E-state index in [1.165, 1.54) is 4.74 Å². The van der Waals surface area contributed by atoms with E-state index >= 15 is 0 Å². The highest BCUT2D eigenvalue weighted by atomic mass is 16.5. The predicted octanol–water partition coefficient (Wildman–Crippen LogP) is 5.74. The van der Waals surface area contributed by atoms with Gasteiger partial charge in [-0.05, 0) is 41.3 Å². The summed E-state index contributed by atoms with van der Waals surface area (Å²) in [6, 6.07) is 35.9. The molecule has 0 aliphatic heterocycles. The Bertz CT molecular complexity index is 1250. The van der Waals surface area contributed by atoms with Gasteiger partial charge in [0.25, 0.3) is 5.56 Å². The van der Waals surface area contributed by atoms with Crippen LogP contribution in [0.25, 0.3) is 11.0 Å². The van der Waals surface area contributed by atoms with Crippen molar-refractivity contribution < 1.29 is 4.52 Å². The van der Waals surface area contributed by atoms with Crippen LogP contribution in [0.2, 0.25) is 0 Å². The normalized spacial score (nSPS) is 11.6. The summed E-state index contributed by atoms with van der Waals surface area (Å²) < 4.78 is 7.85. The van der Waals surface area contributed by atoms with Crippen LogP contribution >= 0.6 is 0 Å². The smallest absolute Gasteiger partial charge is 0.291 e. The Hall–Kier alpha value is -3.85. The summed E-state index contributed by atoms with van der Waals surface area (Å²) in [5.41, 5.74) is 3.43. The van der Waals surface area contributed by atoms with E-state index < -0.39 is 5.54 Å². The highest BCUT2D eigenvalue weighted by Crippen LogP contribution is 2.40. The van der Waals surface area contributed by atoms with Crippen LogP contribution in [0.5, 0.6) is 0 Å². The molecule has 0 unspecified atom stereocenters. The van der Waals surface area contributed by atoms with Gasteiger partial charge in [0.1, 0.15) is 0 Å². The van der Waals surface area contributed by atoms with Crippen molar-refractivity contribution in [3.63, 3.8) is 0 Å². The molecule has 0 bridgehead atoms. The van der Waals surface area contributed by atoms with Crippen molar-refractivity contribution in [3.8, 4) is 0 Å². The number of hydrogen-bond acceptors (Lipinski definition) is 2. The minimum atomic E-state index is -0.937. The molecule has 0 aliphatic rings. The van der Waals surface area contributed by atoms with Gasteiger partial charge >= 0.3 is 0 Å². The van der Waals surface area contributed by atoms with E-state index in [2.05, 4.69) is 0 Å². The van der Waals surface area contributed by atoms with Crippen LogP contribution in [0, 0.1) is 6.92 Å². The average Bonchev–Trinajstić information content (AvgIpc) is 3.12. The molecule has 3 heteroatoms. The monoisotopic (exact) mass is 391 g/mol. The first-order valence-corrected chi connectivity index (χ1v) is 10.0. The number of rotatable bonds is 4. The molecular formula is C27H21NO2. The minimum absolute atomic E-state index is 0.151. The number of hydrogen-bond donors (Lipinski definition) is 0. The second kappa shape index (κ2) is 7.20. The van der Waals surface area contributed by atoms with Gasteiger partial charge in [-0.3, -0.25) is 4.79 Å². The Balaban J connectivity index is 1.97. The van der Waals surface area contributed by atoms with Crippen LogP contribution in [0.15, 0.2) is 119 Å². The summed E-state index contributed by atoms with van der Waals surface area (Å²) in [5, 5.41) is 0.577. The average molecular weight is 391 g/mol. The number of fused-ring (bicyclic) bond motifs is 1. The highest BCUT2D eigenvalue weighted by molar-refractivity contribution is 5.77. The molecule has 0 atom stereocenters. The second-order valence-corrected chi connectivity index (χ2v) is 7.50. The molecule has 30 heavy (non-hydrogen) atoms. The minimum Gasteiger partial charge on any atom is -0.374 e. The van der Waals surface area contributed by atoms with Crippen LogP contribution in [-0.4, -0.2) is 4.74 Å². The van der Waals surface area contributed by atoms with Crippen molar-refractivity contribution in [3.05, 3.63) is 142 Å². The molecule has 1 aromatic heterocycles. The fourth-order valence-electron chi connectivity index (χ4n) is 4.24. The standard InChI is InChI=1S/C27H21NO2/c1-20-17-18-24-25(19-20)30-28(26(24)29)27(21-11-5-2-6-12-21,22-13-7-3-8-14-22)23-15-9-4-10-16-23/h2-19H,1H3. The SMILES string of the molecule is Cc1ccc2c(=O)n(C(c3ccccc3)(c3ccccc3)c3ccccc3)oc2c1. The fraction of sp³-hybridized carbons (Fsp3) is 0.0741. The lowest BCUT2D eigenvalue weighted by Gasteiger charge is -2.34. The Morgan fingerprint density at radius 2 is 1.13 bits per heavy atom. The molecule has 0 spiro atoms. The van der Waals surface area contributed by atoms with E-state index in [0.29, 0.717) is 11.0 Å². The largest absolute Gasteiger partial charge is 0.374 e. The molecule has 0 amide bonds. The van der Waals surface area contributed by atoms with Gasteiger partial charge in [-0.25, -0.2) is 0 Å². The van der Waals surface area contributed by atoms with Crippen molar-refractivity contribution in [2.75, 3.05) is 0 Å². The van der Waals surface area contributed by atoms with Gasteiger partial charge in [-0.15, -0.1) is 0 Å². The van der Waals surface area contributed by atoms with Crippen molar-refractivity contribution in [2.24, 2.45) is 0 Å². The lowest BCUT2D eigenvalue weighted by atomic mass is 9.77. The maximum absolute atomic E-state index is 13.7. The van der Waals surface area contributed by atoms with Gasteiger partial charge in [-0.2, -0.15) is 4.74 Å². The highest BCUT2D eigenvalue weighted by Gasteiger charge is 2.42. The summed E-state index contributed by atoms with van der Waals surface area (Å²) in [6.45, 7) is 2.00. The molecular weight excluding hydrogens is 370 g/mol. The van der Waals surface area contributed by atoms with Crippen LogP contribution < -0.4 is 5.56 Å². The Kier molecular flexibility index (Phi) is 4.36. The topological polar surface area (TPSA) is 35.1 Å². The number of aromatic nitrogens is 1. The second-order valence-electron chi connectivity index (χ2n) is 7.50. The zero-order valence-corrected chi connectivity index (χ0v) is 16.7. The lowest BCUT2D eigenvalue weighted by molar-refractivity contribution is 0.221. The fourth-order valence-corrected chi connectivity index (χ4v) is 4.24. The summed E-state index contributed by atoms with van der Waals surface area (Å²) in [7, 11) is 0. The van der Waals surface area contributed by atoms with Crippen LogP contribution in [0.4, 0.5) is 0 Å². The van der Waals surface area contributed by atoms with Crippen LogP contribution in [0.1, 0.15) is 22.3 Å². The van der Waals surface area contributed by atoms with E-state index in [0.717, 1.165) is 22.3 Å². The maximum atomic E-state index is 13.7. The molecule has 0 radical (unpaired) electrons. The Labute approximate surface area is 174 Å². The van der Waals surface area contributed by atoms with Gasteiger partial charge < -0.3 is 4.52 Å². The Morgan fingerprint density at radius 3 is 1.60 bits per heavy atom. The molecule has 0 fully saturated rings. The van der Waals surface area contributed by atoms with Gasteiger partial charge in [0, 0.05) is 0 Å². The molecule has 146 valence electrons. The van der Waals surface area contributed by atoms with Crippen LogP contribution in [-0.2, 0) is 5.54 Å². The summed E-state index contributed by atoms with van der Waals surface area (Å²) in [6.07, 6.45) is 0. The van der Waals surface area contributed by atoms with Gasteiger partial charge in [-0.1, -0.05) is 97.1 Å². The van der Waals surface area contributed by atoms with Crippen LogP contribution in [0.3, 0.4) is 0 Å². The molecule has 0 saturated heterocycles. The van der Waals surface area contributed by atoms with E-state index in [9.17, 15) is 4.79 Å². The zero-order chi connectivity index (χ0) is 20.6. The third-order valence-corrected chi connectivity index (χ3v) is 5.62. The van der Waals surface area contributed by atoms with E-state index in [1.54, 1.807) is 0 Å². The summed E-state index contributed by atoms with van der Waals surface area (Å²) in [5.74, 6) is 0. The third-order valence-electron chi connectivity index (χ3n) is 5.62. The van der Waals surface area contributed by atoms with E-state index in [-0.39, 0.29) is 5.56 Å². The summed E-state index contributed by atoms with van der Waals surface area (Å²) >= 11 is 0. The molecule has 1 heterocycles. The van der Waals surface area contributed by atoms with E-state index in [1.807, 2.05) is 116 Å². The van der Waals surface area contributed by atoms with Crippen molar-refractivity contribution >= 4 is 11.0 Å². The van der Waals surface area contributed by atoms with Gasteiger partial charge in [0.15, 0.2) is 11.1 Å². The van der Waals surface area contributed by atoms with Gasteiger partial charge in [0.2, 0.25) is 0 Å². The van der Waals surface area contributed by atoms with Crippen molar-refractivity contribution in [1.29, 1.82) is 0 Å². The number of benzene rings is 4. The Morgan fingerprint density at radius 1 is 0.667 bits per heavy atom. The quantitative estimate of drug-likeness (QED) is 0.366. The molecule has 0 aliphatic carbocycles. The number of nitrogens with zero attached hydrogens (tertiary/aromatic N) is 1. The summed E-state index contributed by atoms with van der Waals surface area (Å²) in [4.78, 5) is 13.7. The first-order valence-electron chi connectivity index (χ1n) is 10.0. The third kappa shape index (κ3) is 2.71.